The van der Waals surface area contributed by atoms with E-state index < -0.39 is 0 Å². The van der Waals surface area contributed by atoms with Crippen molar-refractivity contribution in [2.24, 2.45) is 0 Å². The van der Waals surface area contributed by atoms with Crippen LogP contribution in [0.25, 0.3) is 11.0 Å². The second kappa shape index (κ2) is 5.04. The fourth-order valence-electron chi connectivity index (χ4n) is 1.95. The predicted molar refractivity (Wildman–Crippen MR) is 73.3 cm³/mol. The Labute approximate surface area is 102 Å². The normalized spacial score (nSPS) is 12.6. The highest BCUT2D eigenvalue weighted by Gasteiger charge is 2.03. The molecule has 3 nitrogen and oxygen atoms in total. The number of rotatable bonds is 5. The van der Waals surface area contributed by atoms with Gasteiger partial charge in [-0.3, -0.25) is 0 Å². The van der Waals surface area contributed by atoms with Gasteiger partial charge in [0, 0.05) is 11.7 Å². The fraction of sp³-hybridized carbons (Fsp3) is 0.357. The van der Waals surface area contributed by atoms with Crippen molar-refractivity contribution in [2.75, 3.05) is 5.32 Å². The summed E-state index contributed by atoms with van der Waals surface area (Å²) < 4.78 is 0. The monoisotopic (exact) mass is 229 g/mol. The van der Waals surface area contributed by atoms with Gasteiger partial charge in [-0.05, 0) is 44.9 Å². The highest BCUT2D eigenvalue weighted by Crippen LogP contribution is 2.18. The third kappa shape index (κ3) is 2.87. The molecule has 0 amide bonds. The van der Waals surface area contributed by atoms with Crippen LogP contribution in [0.4, 0.5) is 5.69 Å². The highest BCUT2D eigenvalue weighted by molar-refractivity contribution is 5.79. The zero-order valence-corrected chi connectivity index (χ0v) is 10.5. The summed E-state index contributed by atoms with van der Waals surface area (Å²) in [6.45, 7) is 7.90. The van der Waals surface area contributed by atoms with Crippen LogP contribution in [0.2, 0.25) is 0 Å². The van der Waals surface area contributed by atoms with Crippen molar-refractivity contribution in [1.29, 1.82) is 0 Å². The summed E-state index contributed by atoms with van der Waals surface area (Å²) >= 11 is 0. The molecule has 1 unspecified atom stereocenters. The molecule has 0 saturated heterocycles. The molecule has 1 heterocycles. The molecule has 0 bridgehead atoms. The van der Waals surface area contributed by atoms with Gasteiger partial charge in [0.1, 0.15) is 5.82 Å². The molecule has 0 aliphatic rings. The molecule has 2 N–H and O–H groups in total. The highest BCUT2D eigenvalue weighted by atomic mass is 14.9. The zero-order valence-electron chi connectivity index (χ0n) is 10.5. The number of allylic oxidation sites excluding steroid dienone is 1. The number of imidazole rings is 1. The van der Waals surface area contributed by atoms with Crippen molar-refractivity contribution < 1.29 is 0 Å². The van der Waals surface area contributed by atoms with E-state index in [0.29, 0.717) is 6.04 Å². The van der Waals surface area contributed by atoms with Crippen molar-refractivity contribution in [2.45, 2.75) is 32.7 Å². The number of anilines is 1. The number of aromatic nitrogens is 2. The Kier molecular flexibility index (Phi) is 3.47. The molecular formula is C14H19N3. The van der Waals surface area contributed by atoms with Crippen LogP contribution in [0.15, 0.2) is 30.9 Å². The quantitative estimate of drug-likeness (QED) is 0.768. The van der Waals surface area contributed by atoms with Gasteiger partial charge in [-0.15, -0.1) is 6.58 Å². The predicted octanol–water partition coefficient (Wildman–Crippen LogP) is 3.64. The van der Waals surface area contributed by atoms with Gasteiger partial charge >= 0.3 is 0 Å². The number of aromatic amines is 1. The van der Waals surface area contributed by atoms with E-state index in [1.54, 1.807) is 0 Å². The number of nitrogens with zero attached hydrogens (tertiary/aromatic N) is 1. The Bertz CT molecular complexity index is 513. The maximum absolute atomic E-state index is 4.39. The molecular weight excluding hydrogens is 210 g/mol. The SMILES string of the molecule is C=CCCC(C)Nc1ccc2nc(C)[nH]c2c1. The largest absolute Gasteiger partial charge is 0.383 e. The van der Waals surface area contributed by atoms with Crippen LogP contribution >= 0.6 is 0 Å². The van der Waals surface area contributed by atoms with Crippen LogP contribution in [0, 0.1) is 6.92 Å². The van der Waals surface area contributed by atoms with Gasteiger partial charge in [0.2, 0.25) is 0 Å². The van der Waals surface area contributed by atoms with Gasteiger partial charge in [0.15, 0.2) is 0 Å². The van der Waals surface area contributed by atoms with Crippen LogP contribution in [0.1, 0.15) is 25.6 Å². The molecule has 90 valence electrons. The van der Waals surface area contributed by atoms with Gasteiger partial charge in [-0.1, -0.05) is 6.08 Å². The summed E-state index contributed by atoms with van der Waals surface area (Å²) in [6, 6.07) is 6.68. The van der Waals surface area contributed by atoms with E-state index in [2.05, 4.69) is 40.9 Å². The van der Waals surface area contributed by atoms with E-state index in [0.717, 1.165) is 35.4 Å². The first-order valence-electron chi connectivity index (χ1n) is 6.03. The number of hydrogen-bond acceptors (Lipinski definition) is 2. The number of H-pyrrole nitrogens is 1. The molecule has 1 aromatic heterocycles. The van der Waals surface area contributed by atoms with E-state index in [9.17, 15) is 0 Å². The summed E-state index contributed by atoms with van der Waals surface area (Å²) in [7, 11) is 0. The number of fused-ring (bicyclic) bond motifs is 1. The summed E-state index contributed by atoms with van der Waals surface area (Å²) in [4.78, 5) is 7.63. The van der Waals surface area contributed by atoms with Crippen LogP contribution in [0.5, 0.6) is 0 Å². The lowest BCUT2D eigenvalue weighted by Crippen LogP contribution is -2.14. The first kappa shape index (κ1) is 11.7. The third-order valence-electron chi connectivity index (χ3n) is 2.82. The standard InChI is InChI=1S/C14H19N3/c1-4-5-6-10(2)15-12-7-8-13-14(9-12)17-11(3)16-13/h4,7-10,15H,1,5-6H2,2-3H3,(H,16,17). The van der Waals surface area contributed by atoms with Gasteiger partial charge in [-0.2, -0.15) is 0 Å². The maximum atomic E-state index is 4.39. The number of nitrogens with one attached hydrogen (secondary N) is 2. The first-order chi connectivity index (χ1) is 8.19. The van der Waals surface area contributed by atoms with Crippen molar-refractivity contribution in [1.82, 2.24) is 9.97 Å². The molecule has 17 heavy (non-hydrogen) atoms. The van der Waals surface area contributed by atoms with Gasteiger partial charge in [-0.25, -0.2) is 4.98 Å². The third-order valence-corrected chi connectivity index (χ3v) is 2.82. The molecule has 0 aliphatic carbocycles. The molecule has 3 heteroatoms. The molecule has 2 aromatic rings. The lowest BCUT2D eigenvalue weighted by atomic mass is 10.1. The summed E-state index contributed by atoms with van der Waals surface area (Å²) in [6.07, 6.45) is 4.10. The van der Waals surface area contributed by atoms with Crippen LogP contribution in [-0.2, 0) is 0 Å². The topological polar surface area (TPSA) is 40.7 Å². The fourth-order valence-corrected chi connectivity index (χ4v) is 1.95. The average Bonchev–Trinajstić information content (AvgIpc) is 2.65. The smallest absolute Gasteiger partial charge is 0.104 e. The molecule has 2 rings (SSSR count). The minimum absolute atomic E-state index is 0.453. The Hall–Kier alpha value is -1.77. The maximum Gasteiger partial charge on any atom is 0.104 e. The van der Waals surface area contributed by atoms with E-state index in [-0.39, 0.29) is 0 Å². The lowest BCUT2D eigenvalue weighted by molar-refractivity contribution is 0.719. The van der Waals surface area contributed by atoms with E-state index in [4.69, 9.17) is 0 Å². The second-order valence-corrected chi connectivity index (χ2v) is 4.47. The Morgan fingerprint density at radius 3 is 3.12 bits per heavy atom. The van der Waals surface area contributed by atoms with Crippen LogP contribution in [0.3, 0.4) is 0 Å². The van der Waals surface area contributed by atoms with Crippen molar-refractivity contribution in [3.05, 3.63) is 36.7 Å². The van der Waals surface area contributed by atoms with E-state index >= 15 is 0 Å². The van der Waals surface area contributed by atoms with E-state index in [1.165, 1.54) is 0 Å². The molecule has 1 atom stereocenters. The van der Waals surface area contributed by atoms with Crippen molar-refractivity contribution in [3.8, 4) is 0 Å². The summed E-state index contributed by atoms with van der Waals surface area (Å²) in [5.41, 5.74) is 3.24. The van der Waals surface area contributed by atoms with Crippen LogP contribution < -0.4 is 5.32 Å². The first-order valence-corrected chi connectivity index (χ1v) is 6.03. The Morgan fingerprint density at radius 2 is 2.35 bits per heavy atom. The molecule has 1 aromatic carbocycles. The van der Waals surface area contributed by atoms with Gasteiger partial charge in [0.05, 0.1) is 11.0 Å². The summed E-state index contributed by atoms with van der Waals surface area (Å²) in [5.74, 6) is 0.955. The molecule has 0 fully saturated rings. The minimum atomic E-state index is 0.453. The molecule has 0 radical (unpaired) electrons. The van der Waals surface area contributed by atoms with Gasteiger partial charge in [0.25, 0.3) is 0 Å². The molecule has 0 aliphatic heterocycles. The van der Waals surface area contributed by atoms with Crippen molar-refractivity contribution >= 4 is 16.7 Å². The van der Waals surface area contributed by atoms with Gasteiger partial charge < -0.3 is 10.3 Å². The Balaban J connectivity index is 2.10. The average molecular weight is 229 g/mol. The summed E-state index contributed by atoms with van der Waals surface area (Å²) in [5, 5.41) is 3.48. The zero-order chi connectivity index (χ0) is 12.3. The number of benzene rings is 1. The van der Waals surface area contributed by atoms with Crippen molar-refractivity contribution in [3.63, 3.8) is 0 Å². The van der Waals surface area contributed by atoms with Crippen LogP contribution in [-0.4, -0.2) is 16.0 Å². The number of aryl methyl sites for hydroxylation is 1. The Morgan fingerprint density at radius 1 is 1.53 bits per heavy atom. The second-order valence-electron chi connectivity index (χ2n) is 4.47. The van der Waals surface area contributed by atoms with E-state index in [1.807, 2.05) is 19.1 Å². The molecule has 0 saturated carbocycles. The lowest BCUT2D eigenvalue weighted by Gasteiger charge is -2.14. The molecule has 0 spiro atoms. The number of hydrogen-bond donors (Lipinski definition) is 2. The minimum Gasteiger partial charge on any atom is -0.383 e.